The van der Waals surface area contributed by atoms with E-state index < -0.39 is 29.9 Å². The molecule has 7 rings (SSSR count). The summed E-state index contributed by atoms with van der Waals surface area (Å²) >= 11 is 0. The molecule has 0 unspecified atom stereocenters. The number of benzene rings is 4. The van der Waals surface area contributed by atoms with Gasteiger partial charge in [0.15, 0.2) is 0 Å². The highest BCUT2D eigenvalue weighted by Crippen LogP contribution is 2.44. The highest BCUT2D eigenvalue weighted by Gasteiger charge is 2.40. The first-order chi connectivity index (χ1) is 21.0. The van der Waals surface area contributed by atoms with E-state index >= 15 is 0 Å². The van der Waals surface area contributed by atoms with Crippen molar-refractivity contribution in [1.82, 2.24) is 15.4 Å². The van der Waals surface area contributed by atoms with Crippen LogP contribution in [0.15, 0.2) is 103 Å². The fourth-order valence-corrected chi connectivity index (χ4v) is 5.90. The number of aromatic nitrogens is 1. The van der Waals surface area contributed by atoms with Gasteiger partial charge in [-0.1, -0.05) is 83.9 Å². The van der Waals surface area contributed by atoms with Gasteiger partial charge in [-0.25, -0.2) is 9.59 Å². The molecule has 2 N–H and O–H groups in total. The predicted molar refractivity (Wildman–Crippen MR) is 157 cm³/mol. The Hall–Kier alpha value is -5.70. The third-order valence-corrected chi connectivity index (χ3v) is 7.96. The van der Waals surface area contributed by atoms with Gasteiger partial charge in [0.2, 0.25) is 0 Å². The van der Waals surface area contributed by atoms with Crippen LogP contribution in [0.5, 0.6) is 0 Å². The number of amides is 3. The zero-order chi connectivity index (χ0) is 29.5. The number of hydrogen-bond acceptors (Lipinski definition) is 6. The van der Waals surface area contributed by atoms with Crippen molar-refractivity contribution in [1.29, 1.82) is 0 Å². The monoisotopic (exact) mass is 571 g/mol. The van der Waals surface area contributed by atoms with Crippen molar-refractivity contribution in [2.45, 2.75) is 18.4 Å². The first kappa shape index (κ1) is 26.2. The molecular formula is C34H25N3O6. The Morgan fingerprint density at radius 1 is 0.767 bits per heavy atom. The fraction of sp³-hybridized carbons (Fsp3) is 0.118. The molecule has 0 fully saturated rings. The fourth-order valence-electron chi connectivity index (χ4n) is 5.90. The Labute approximate surface area is 246 Å². The van der Waals surface area contributed by atoms with Crippen LogP contribution in [0.25, 0.3) is 22.0 Å². The summed E-state index contributed by atoms with van der Waals surface area (Å²) in [7, 11) is 0. The van der Waals surface area contributed by atoms with Gasteiger partial charge in [-0.05, 0) is 46.0 Å². The van der Waals surface area contributed by atoms with Gasteiger partial charge >= 0.3 is 12.1 Å². The van der Waals surface area contributed by atoms with E-state index in [0.29, 0.717) is 5.06 Å². The van der Waals surface area contributed by atoms with E-state index in [9.17, 15) is 19.2 Å². The van der Waals surface area contributed by atoms with E-state index in [1.54, 1.807) is 18.3 Å². The van der Waals surface area contributed by atoms with E-state index in [0.717, 1.165) is 38.7 Å². The number of rotatable bonds is 7. The van der Waals surface area contributed by atoms with Crippen LogP contribution < -0.4 is 5.32 Å². The summed E-state index contributed by atoms with van der Waals surface area (Å²) in [4.78, 5) is 60.8. The van der Waals surface area contributed by atoms with Crippen molar-refractivity contribution >= 4 is 34.8 Å². The van der Waals surface area contributed by atoms with Crippen LogP contribution in [0.4, 0.5) is 4.79 Å². The number of imide groups is 1. The van der Waals surface area contributed by atoms with Crippen molar-refractivity contribution in [2.75, 3.05) is 6.61 Å². The second kappa shape index (κ2) is 10.6. The molecule has 2 heterocycles. The van der Waals surface area contributed by atoms with E-state index in [1.165, 1.54) is 12.1 Å². The van der Waals surface area contributed by atoms with Crippen LogP contribution in [0, 0.1) is 0 Å². The van der Waals surface area contributed by atoms with Crippen LogP contribution >= 0.6 is 0 Å². The summed E-state index contributed by atoms with van der Waals surface area (Å²) in [6.45, 7) is 0.0487. The van der Waals surface area contributed by atoms with Crippen LogP contribution in [0.1, 0.15) is 43.3 Å². The lowest BCUT2D eigenvalue weighted by atomic mass is 9.98. The number of ether oxygens (including phenoxy) is 1. The third-order valence-electron chi connectivity index (χ3n) is 7.96. The molecular weight excluding hydrogens is 546 g/mol. The molecule has 1 aromatic heterocycles. The Morgan fingerprint density at radius 2 is 1.33 bits per heavy atom. The number of carbonyl (C=O) groups is 4. The highest BCUT2D eigenvalue weighted by atomic mass is 16.7. The van der Waals surface area contributed by atoms with Gasteiger partial charge in [0.1, 0.15) is 12.6 Å². The number of alkyl carbamates (subject to hydrolysis) is 1. The molecule has 0 spiro atoms. The predicted octanol–water partition coefficient (Wildman–Crippen LogP) is 5.37. The van der Waals surface area contributed by atoms with Crippen LogP contribution in [0.3, 0.4) is 0 Å². The molecule has 0 radical (unpaired) electrons. The molecule has 9 heteroatoms. The average molecular weight is 572 g/mol. The lowest BCUT2D eigenvalue weighted by Gasteiger charge is -2.21. The molecule has 2 aliphatic rings. The molecule has 9 nitrogen and oxygen atoms in total. The number of H-pyrrole nitrogens is 1. The van der Waals surface area contributed by atoms with E-state index in [1.807, 2.05) is 72.8 Å². The van der Waals surface area contributed by atoms with E-state index in [-0.39, 0.29) is 30.1 Å². The Bertz CT molecular complexity index is 1850. The number of hydrogen-bond donors (Lipinski definition) is 2. The summed E-state index contributed by atoms with van der Waals surface area (Å²) in [6.07, 6.45) is 0.939. The number of hydroxylamine groups is 2. The first-order valence-electron chi connectivity index (χ1n) is 13.9. The van der Waals surface area contributed by atoms with Gasteiger partial charge in [-0.2, -0.15) is 0 Å². The molecule has 3 amide bonds. The van der Waals surface area contributed by atoms with Gasteiger partial charge in [0.05, 0.1) is 11.1 Å². The zero-order valence-corrected chi connectivity index (χ0v) is 22.8. The second-order valence-electron chi connectivity index (χ2n) is 10.4. The van der Waals surface area contributed by atoms with Crippen LogP contribution in [-0.2, 0) is 20.8 Å². The second-order valence-corrected chi connectivity index (χ2v) is 10.4. The van der Waals surface area contributed by atoms with Gasteiger partial charge in [0, 0.05) is 29.4 Å². The smallest absolute Gasteiger partial charge is 0.407 e. The number of para-hydroxylation sites is 1. The minimum atomic E-state index is -1.26. The lowest BCUT2D eigenvalue weighted by molar-refractivity contribution is -0.171. The van der Waals surface area contributed by atoms with Crippen LogP contribution in [-0.4, -0.2) is 46.6 Å². The number of carbonyl (C=O) groups excluding carboxylic acids is 4. The SMILES string of the molecule is O=C(N[C@@H](Cc1c[nH]c2ccccc12)C(=O)ON1C(=O)c2ccccc2C1=O)OCC1c2ccccc2-c2ccccc21. The van der Waals surface area contributed by atoms with Crippen molar-refractivity contribution < 1.29 is 28.8 Å². The maximum Gasteiger partial charge on any atom is 0.407 e. The topological polar surface area (TPSA) is 118 Å². The first-order valence-corrected chi connectivity index (χ1v) is 13.9. The number of aromatic amines is 1. The highest BCUT2D eigenvalue weighted by molar-refractivity contribution is 6.21. The van der Waals surface area contributed by atoms with Gasteiger partial charge in [-0.3, -0.25) is 9.59 Å². The number of nitrogens with zero attached hydrogens (tertiary/aromatic N) is 1. The summed E-state index contributed by atoms with van der Waals surface area (Å²) < 4.78 is 5.68. The molecule has 43 heavy (non-hydrogen) atoms. The van der Waals surface area contributed by atoms with Crippen LogP contribution in [0.2, 0.25) is 0 Å². The molecule has 1 atom stereocenters. The Balaban J connectivity index is 1.11. The zero-order valence-electron chi connectivity index (χ0n) is 22.8. The summed E-state index contributed by atoms with van der Waals surface area (Å²) in [5.74, 6) is -2.65. The van der Waals surface area contributed by atoms with Gasteiger partial charge in [0.25, 0.3) is 11.8 Å². The molecule has 5 aromatic rings. The molecule has 1 aliphatic heterocycles. The molecule has 4 aromatic carbocycles. The quantitative estimate of drug-likeness (QED) is 0.254. The summed E-state index contributed by atoms with van der Waals surface area (Å²) in [5.41, 5.74) is 6.15. The minimum Gasteiger partial charge on any atom is -0.449 e. The van der Waals surface area contributed by atoms with Gasteiger partial charge < -0.3 is 19.9 Å². The third kappa shape index (κ3) is 4.61. The maximum absolute atomic E-state index is 13.5. The Kier molecular flexibility index (Phi) is 6.47. The van der Waals surface area contributed by atoms with E-state index in [4.69, 9.17) is 9.57 Å². The molecule has 0 bridgehead atoms. The lowest BCUT2D eigenvalue weighted by Crippen LogP contribution is -2.47. The maximum atomic E-state index is 13.5. The minimum absolute atomic E-state index is 0.0240. The summed E-state index contributed by atoms with van der Waals surface area (Å²) in [5, 5.41) is 3.91. The molecule has 0 saturated carbocycles. The van der Waals surface area contributed by atoms with Crippen molar-refractivity contribution in [3.05, 3.63) is 131 Å². The molecule has 0 saturated heterocycles. The normalized spacial score (nSPS) is 14.3. The van der Waals surface area contributed by atoms with Gasteiger partial charge in [-0.15, -0.1) is 0 Å². The summed E-state index contributed by atoms with van der Waals surface area (Å²) in [6, 6.07) is 28.4. The van der Waals surface area contributed by atoms with E-state index in [2.05, 4.69) is 10.3 Å². The van der Waals surface area contributed by atoms with Crippen molar-refractivity contribution in [3.8, 4) is 11.1 Å². The average Bonchev–Trinajstić information content (AvgIpc) is 3.67. The molecule has 1 aliphatic carbocycles. The Morgan fingerprint density at radius 3 is 1.98 bits per heavy atom. The van der Waals surface area contributed by atoms with Crippen molar-refractivity contribution in [2.24, 2.45) is 0 Å². The number of fused-ring (bicyclic) bond motifs is 5. The van der Waals surface area contributed by atoms with Crippen molar-refractivity contribution in [3.63, 3.8) is 0 Å². The largest absolute Gasteiger partial charge is 0.449 e. The molecule has 212 valence electrons. The number of nitrogens with one attached hydrogen (secondary N) is 2. The standard InChI is InChI=1S/C34H25N3O6/c38-31-26-14-5-6-15-27(26)32(39)37(31)43-33(40)30(17-20-18-35-29-16-8-7-9-21(20)29)36-34(41)42-19-28-24-12-3-1-10-22(24)23-11-2-4-13-25(23)28/h1-16,18,28,30,35H,17,19H2,(H,36,41)/t30-/m0/s1.